The Balaban J connectivity index is 1.28. The molecule has 0 aliphatic heterocycles. The fraction of sp³-hybridized carbons (Fsp3) is 0.147. The molecule has 1 heterocycles. The molecule has 0 bridgehead atoms. The van der Waals surface area contributed by atoms with Gasteiger partial charge >= 0.3 is 0 Å². The second kappa shape index (κ2) is 12.8. The van der Waals surface area contributed by atoms with E-state index in [9.17, 15) is 9.90 Å². The minimum Gasteiger partial charge on any atom is -0.489 e. The summed E-state index contributed by atoms with van der Waals surface area (Å²) < 4.78 is 5.86. The van der Waals surface area contributed by atoms with Crippen molar-refractivity contribution in [2.24, 2.45) is 0 Å². The molecule has 1 N–H and O–H groups in total. The van der Waals surface area contributed by atoms with Gasteiger partial charge in [0.2, 0.25) is 0 Å². The highest BCUT2D eigenvalue weighted by Crippen LogP contribution is 2.21. The van der Waals surface area contributed by atoms with Crippen LogP contribution in [0.2, 0.25) is 0 Å². The van der Waals surface area contributed by atoms with Crippen molar-refractivity contribution in [1.82, 2.24) is 9.97 Å². The van der Waals surface area contributed by atoms with Gasteiger partial charge in [-0.25, -0.2) is 4.98 Å². The summed E-state index contributed by atoms with van der Waals surface area (Å²) in [6, 6.07) is 35.4. The lowest BCUT2D eigenvalue weighted by atomic mass is 10.0. The second-order valence-electron chi connectivity index (χ2n) is 9.48. The molecule has 4 aromatic carbocycles. The zero-order valence-corrected chi connectivity index (χ0v) is 21.7. The van der Waals surface area contributed by atoms with Gasteiger partial charge in [-0.3, -0.25) is 9.78 Å². The van der Waals surface area contributed by atoms with Crippen LogP contribution in [0.1, 0.15) is 33.6 Å². The van der Waals surface area contributed by atoms with E-state index in [1.54, 1.807) is 6.20 Å². The van der Waals surface area contributed by atoms with E-state index in [0.717, 1.165) is 45.0 Å². The number of rotatable bonds is 11. The zero-order valence-electron chi connectivity index (χ0n) is 21.7. The molecule has 0 aliphatic carbocycles. The summed E-state index contributed by atoms with van der Waals surface area (Å²) in [4.78, 5) is 22.7. The highest BCUT2D eigenvalue weighted by atomic mass is 16.5. The fourth-order valence-electron chi connectivity index (χ4n) is 4.37. The van der Waals surface area contributed by atoms with Gasteiger partial charge in [0.05, 0.1) is 36.3 Å². The molecule has 39 heavy (non-hydrogen) atoms. The predicted molar refractivity (Wildman–Crippen MR) is 152 cm³/mol. The first-order valence-electron chi connectivity index (χ1n) is 13.0. The Morgan fingerprint density at radius 3 is 1.97 bits per heavy atom. The normalized spacial score (nSPS) is 10.8. The molecule has 0 radical (unpaired) electrons. The van der Waals surface area contributed by atoms with Crippen LogP contribution in [0.4, 0.5) is 0 Å². The summed E-state index contributed by atoms with van der Waals surface area (Å²) in [5.41, 5.74) is 7.15. The molecule has 0 spiro atoms. The summed E-state index contributed by atoms with van der Waals surface area (Å²) in [5.74, 6) is 0.852. The van der Waals surface area contributed by atoms with Crippen LogP contribution in [0.25, 0.3) is 11.3 Å². The molecule has 0 fully saturated rings. The van der Waals surface area contributed by atoms with Gasteiger partial charge in [-0.05, 0) is 34.4 Å². The van der Waals surface area contributed by atoms with Crippen LogP contribution in [0.3, 0.4) is 0 Å². The summed E-state index contributed by atoms with van der Waals surface area (Å²) in [7, 11) is 0. The highest BCUT2D eigenvalue weighted by molar-refractivity contribution is 5.83. The molecule has 0 amide bonds. The minimum atomic E-state index is -0.00426. The lowest BCUT2D eigenvalue weighted by Crippen LogP contribution is -2.12. The Labute approximate surface area is 228 Å². The molecular formula is C34H30N2O3. The third-order valence-electron chi connectivity index (χ3n) is 6.52. The van der Waals surface area contributed by atoms with Gasteiger partial charge in [-0.1, -0.05) is 97.1 Å². The number of ether oxygens (including phenoxy) is 1. The average molecular weight is 515 g/mol. The Hall–Kier alpha value is -4.61. The molecule has 0 unspecified atom stereocenters. The average Bonchev–Trinajstić information content (AvgIpc) is 2.99. The molecule has 0 saturated carbocycles. The van der Waals surface area contributed by atoms with Gasteiger partial charge in [-0.15, -0.1) is 0 Å². The SMILES string of the molecule is O=C(Cc1ccc(OCc2ccccc2)cc1)Cc1ncc(-c2ccc(CO)cc2)nc1Cc1ccccc1. The van der Waals surface area contributed by atoms with Crippen LogP contribution in [0.15, 0.2) is 115 Å². The summed E-state index contributed by atoms with van der Waals surface area (Å²) in [6.07, 6.45) is 2.84. The third-order valence-corrected chi connectivity index (χ3v) is 6.52. The van der Waals surface area contributed by atoms with E-state index in [1.165, 1.54) is 0 Å². The Bertz CT molecular complexity index is 1500. The number of aliphatic hydroxyl groups is 1. The number of carbonyl (C=O) groups excluding carboxylic acids is 1. The van der Waals surface area contributed by atoms with Gasteiger partial charge in [0.15, 0.2) is 0 Å². The molecule has 5 rings (SSSR count). The number of hydrogen-bond acceptors (Lipinski definition) is 5. The van der Waals surface area contributed by atoms with Gasteiger partial charge in [0.1, 0.15) is 18.1 Å². The van der Waals surface area contributed by atoms with Crippen LogP contribution in [-0.2, 0) is 37.3 Å². The monoisotopic (exact) mass is 514 g/mol. The van der Waals surface area contributed by atoms with Crippen LogP contribution in [-0.4, -0.2) is 20.9 Å². The Morgan fingerprint density at radius 1 is 0.667 bits per heavy atom. The van der Waals surface area contributed by atoms with Crippen molar-refractivity contribution in [3.63, 3.8) is 0 Å². The fourth-order valence-corrected chi connectivity index (χ4v) is 4.37. The number of aromatic nitrogens is 2. The molecule has 5 heteroatoms. The van der Waals surface area contributed by atoms with Crippen molar-refractivity contribution in [2.75, 3.05) is 0 Å². The molecule has 5 aromatic rings. The van der Waals surface area contributed by atoms with Crippen LogP contribution in [0, 0.1) is 0 Å². The van der Waals surface area contributed by atoms with E-state index in [0.29, 0.717) is 25.1 Å². The standard InChI is InChI=1S/C34H30N2O3/c37-23-27-11-15-29(16-12-27)34-22-35-32(33(36-34)20-25-7-3-1-4-8-25)21-30(38)19-26-13-17-31(18-14-26)39-24-28-9-5-2-6-10-28/h1-18,22,37H,19-21,23-24H2. The Morgan fingerprint density at radius 2 is 1.31 bits per heavy atom. The molecule has 0 atom stereocenters. The van der Waals surface area contributed by atoms with Crippen molar-refractivity contribution in [1.29, 1.82) is 0 Å². The number of Topliss-reactive ketones (excluding diaryl/α,β-unsaturated/α-hetero) is 1. The van der Waals surface area contributed by atoms with E-state index >= 15 is 0 Å². The second-order valence-corrected chi connectivity index (χ2v) is 9.48. The summed E-state index contributed by atoms with van der Waals surface area (Å²) in [5, 5.41) is 9.35. The van der Waals surface area contributed by atoms with E-state index in [4.69, 9.17) is 9.72 Å². The number of ketones is 1. The predicted octanol–water partition coefficient (Wildman–Crippen LogP) is 6.16. The lowest BCUT2D eigenvalue weighted by molar-refractivity contribution is -0.117. The molecule has 0 aliphatic rings. The highest BCUT2D eigenvalue weighted by Gasteiger charge is 2.15. The summed E-state index contributed by atoms with van der Waals surface area (Å²) in [6.45, 7) is 0.499. The van der Waals surface area contributed by atoms with Crippen molar-refractivity contribution in [3.8, 4) is 17.0 Å². The first-order valence-corrected chi connectivity index (χ1v) is 13.0. The number of carbonyl (C=O) groups is 1. The molecule has 5 nitrogen and oxygen atoms in total. The van der Waals surface area contributed by atoms with Gasteiger partial charge in [0.25, 0.3) is 0 Å². The zero-order chi connectivity index (χ0) is 26.9. The molecule has 194 valence electrons. The van der Waals surface area contributed by atoms with Crippen LogP contribution < -0.4 is 4.74 Å². The number of aliphatic hydroxyl groups excluding tert-OH is 1. The first-order chi connectivity index (χ1) is 19.2. The molecular weight excluding hydrogens is 484 g/mol. The van der Waals surface area contributed by atoms with Gasteiger partial charge in [-0.2, -0.15) is 0 Å². The molecule has 0 saturated heterocycles. The largest absolute Gasteiger partial charge is 0.489 e. The number of benzene rings is 4. The third kappa shape index (κ3) is 7.24. The smallest absolute Gasteiger partial charge is 0.143 e. The molecule has 1 aromatic heterocycles. The number of nitrogens with zero attached hydrogens (tertiary/aromatic N) is 2. The minimum absolute atomic E-state index is 0.00426. The van der Waals surface area contributed by atoms with Crippen LogP contribution in [0.5, 0.6) is 5.75 Å². The van der Waals surface area contributed by atoms with E-state index in [-0.39, 0.29) is 18.8 Å². The number of hydrogen-bond donors (Lipinski definition) is 1. The maximum absolute atomic E-state index is 13.1. The quantitative estimate of drug-likeness (QED) is 0.229. The first kappa shape index (κ1) is 26.0. The van der Waals surface area contributed by atoms with Crippen molar-refractivity contribution >= 4 is 5.78 Å². The lowest BCUT2D eigenvalue weighted by Gasteiger charge is -2.11. The van der Waals surface area contributed by atoms with E-state index in [1.807, 2.05) is 97.1 Å². The Kier molecular flexibility index (Phi) is 8.51. The van der Waals surface area contributed by atoms with Crippen molar-refractivity contribution in [3.05, 3.63) is 149 Å². The summed E-state index contributed by atoms with van der Waals surface area (Å²) >= 11 is 0. The maximum atomic E-state index is 13.1. The topological polar surface area (TPSA) is 72.3 Å². The van der Waals surface area contributed by atoms with E-state index in [2.05, 4.69) is 17.1 Å². The van der Waals surface area contributed by atoms with Crippen molar-refractivity contribution in [2.45, 2.75) is 32.5 Å². The van der Waals surface area contributed by atoms with Crippen LogP contribution >= 0.6 is 0 Å². The van der Waals surface area contributed by atoms with Crippen molar-refractivity contribution < 1.29 is 14.6 Å². The van der Waals surface area contributed by atoms with E-state index < -0.39 is 0 Å². The van der Waals surface area contributed by atoms with Gasteiger partial charge in [0, 0.05) is 18.4 Å². The maximum Gasteiger partial charge on any atom is 0.143 e. The van der Waals surface area contributed by atoms with Gasteiger partial charge < -0.3 is 9.84 Å².